The Labute approximate surface area is 125 Å². The molecule has 1 amide bonds. The fourth-order valence-electron chi connectivity index (χ4n) is 1.97. The average molecular weight is 307 g/mol. The van der Waals surface area contributed by atoms with Gasteiger partial charge in [-0.3, -0.25) is 14.3 Å². The molecule has 7 nitrogen and oxygen atoms in total. The minimum Gasteiger partial charge on any atom is -0.397 e. The molecule has 0 saturated carbocycles. The van der Waals surface area contributed by atoms with Gasteiger partial charge in [-0.1, -0.05) is 0 Å². The van der Waals surface area contributed by atoms with E-state index in [4.69, 9.17) is 11.5 Å². The Bertz CT molecular complexity index is 716. The third-order valence-corrected chi connectivity index (χ3v) is 4.55. The number of amides is 1. The van der Waals surface area contributed by atoms with E-state index in [1.165, 1.54) is 6.92 Å². The van der Waals surface area contributed by atoms with Gasteiger partial charge in [-0.25, -0.2) is 0 Å². The molecule has 0 radical (unpaired) electrons. The summed E-state index contributed by atoms with van der Waals surface area (Å²) in [5, 5.41) is 7.77. The van der Waals surface area contributed by atoms with Gasteiger partial charge < -0.3 is 16.8 Å². The van der Waals surface area contributed by atoms with Crippen LogP contribution in [0.25, 0.3) is 0 Å². The topological polar surface area (TPSA) is 116 Å². The molecule has 0 aliphatic heterocycles. The largest absolute Gasteiger partial charge is 0.397 e. The highest BCUT2D eigenvalue weighted by Gasteiger charge is 2.22. The molecule has 0 atom stereocenters. The molecule has 2 rings (SSSR count). The first-order chi connectivity index (χ1) is 9.82. The van der Waals surface area contributed by atoms with Crippen LogP contribution in [0, 0.1) is 6.92 Å². The van der Waals surface area contributed by atoms with E-state index in [1.807, 2.05) is 14.0 Å². The highest BCUT2D eigenvalue weighted by Crippen LogP contribution is 2.36. The first-order valence-electron chi connectivity index (χ1n) is 6.27. The lowest BCUT2D eigenvalue weighted by atomic mass is 10.2. The number of rotatable bonds is 5. The quantitative estimate of drug-likeness (QED) is 0.720. The Morgan fingerprint density at radius 3 is 2.62 bits per heavy atom. The van der Waals surface area contributed by atoms with Crippen molar-refractivity contribution in [3.05, 3.63) is 27.9 Å². The summed E-state index contributed by atoms with van der Waals surface area (Å²) in [6, 6.07) is 0. The molecule has 0 aliphatic carbocycles. The molecule has 0 aliphatic rings. The van der Waals surface area contributed by atoms with Crippen molar-refractivity contribution in [2.75, 3.05) is 11.1 Å². The van der Waals surface area contributed by atoms with Gasteiger partial charge in [0, 0.05) is 31.8 Å². The van der Waals surface area contributed by atoms with Crippen molar-refractivity contribution in [1.29, 1.82) is 0 Å². The van der Waals surface area contributed by atoms with Crippen LogP contribution in [0.4, 0.5) is 10.7 Å². The Kier molecular flexibility index (Phi) is 3.99. The Balaban J connectivity index is 2.31. The Morgan fingerprint density at radius 2 is 2.14 bits per heavy atom. The number of nitrogen functional groups attached to an aromatic ring is 1. The molecule has 21 heavy (non-hydrogen) atoms. The molecule has 0 unspecified atom stereocenters. The number of anilines is 2. The molecular formula is C13H17N5O2S. The lowest BCUT2D eigenvalue weighted by molar-refractivity contribution is 0.100. The fraction of sp³-hybridized carbons (Fsp3) is 0.308. The summed E-state index contributed by atoms with van der Waals surface area (Å²) in [7, 11) is 1.85. The molecule has 5 N–H and O–H groups in total. The number of aromatic nitrogens is 2. The standard InChI is InChI=1S/C13H17N5O2S/c1-6-8(5-17-18(6)3)4-16-13-9(12(15)20)10(14)11(21-13)7(2)19/h5,16H,4,14H2,1-3H3,(H2,15,20). The lowest BCUT2D eigenvalue weighted by Crippen LogP contribution is -2.15. The van der Waals surface area contributed by atoms with Crippen molar-refractivity contribution in [2.24, 2.45) is 12.8 Å². The first-order valence-corrected chi connectivity index (χ1v) is 7.09. The maximum Gasteiger partial charge on any atom is 0.253 e. The summed E-state index contributed by atoms with van der Waals surface area (Å²) in [6.07, 6.45) is 1.75. The van der Waals surface area contributed by atoms with Gasteiger partial charge in [0.25, 0.3) is 5.91 Å². The van der Waals surface area contributed by atoms with E-state index in [9.17, 15) is 9.59 Å². The van der Waals surface area contributed by atoms with Crippen molar-refractivity contribution in [3.63, 3.8) is 0 Å². The number of primary amides is 1. The van der Waals surface area contributed by atoms with E-state index in [0.717, 1.165) is 22.6 Å². The van der Waals surface area contributed by atoms with Crippen LogP contribution in [0.5, 0.6) is 0 Å². The van der Waals surface area contributed by atoms with Crippen LogP contribution in [0.3, 0.4) is 0 Å². The summed E-state index contributed by atoms with van der Waals surface area (Å²) in [4.78, 5) is 23.4. The fourth-order valence-corrected chi connectivity index (χ4v) is 2.98. The number of nitrogens with two attached hydrogens (primary N) is 2. The predicted octanol–water partition coefficient (Wildman–Crippen LogP) is 1.29. The average Bonchev–Trinajstić information content (AvgIpc) is 2.89. The summed E-state index contributed by atoms with van der Waals surface area (Å²) in [5.41, 5.74) is 13.5. The van der Waals surface area contributed by atoms with Gasteiger partial charge in [-0.05, 0) is 6.92 Å². The zero-order valence-corrected chi connectivity index (χ0v) is 12.9. The monoisotopic (exact) mass is 307 g/mol. The third kappa shape index (κ3) is 2.75. The van der Waals surface area contributed by atoms with E-state index in [2.05, 4.69) is 10.4 Å². The zero-order chi connectivity index (χ0) is 15.7. The number of thiophene rings is 1. The van der Waals surface area contributed by atoms with Crippen molar-refractivity contribution in [2.45, 2.75) is 20.4 Å². The van der Waals surface area contributed by atoms with E-state index >= 15 is 0 Å². The van der Waals surface area contributed by atoms with Crippen LogP contribution in [0.2, 0.25) is 0 Å². The van der Waals surface area contributed by atoms with Gasteiger partial charge >= 0.3 is 0 Å². The van der Waals surface area contributed by atoms with E-state index < -0.39 is 5.91 Å². The van der Waals surface area contributed by atoms with Gasteiger partial charge in [-0.2, -0.15) is 5.10 Å². The van der Waals surface area contributed by atoms with Gasteiger partial charge in [0.05, 0.1) is 22.3 Å². The van der Waals surface area contributed by atoms with Crippen LogP contribution in [0.1, 0.15) is 38.2 Å². The molecule has 0 spiro atoms. The van der Waals surface area contributed by atoms with E-state index in [-0.39, 0.29) is 17.0 Å². The lowest BCUT2D eigenvalue weighted by Gasteiger charge is -2.05. The Morgan fingerprint density at radius 1 is 1.48 bits per heavy atom. The van der Waals surface area contributed by atoms with Gasteiger partial charge in [0.1, 0.15) is 5.00 Å². The van der Waals surface area contributed by atoms with E-state index in [1.54, 1.807) is 10.9 Å². The number of aryl methyl sites for hydroxylation is 1. The molecule has 8 heteroatoms. The maximum atomic E-state index is 11.5. The number of carbonyl (C=O) groups excluding carboxylic acids is 2. The molecule has 0 fully saturated rings. The number of Topliss-reactive ketones (excluding diaryl/α,β-unsaturated/α-hetero) is 1. The van der Waals surface area contributed by atoms with Gasteiger partial charge in [-0.15, -0.1) is 11.3 Å². The van der Waals surface area contributed by atoms with Crippen LogP contribution in [-0.4, -0.2) is 21.5 Å². The minimum atomic E-state index is -0.651. The van der Waals surface area contributed by atoms with Crippen molar-refractivity contribution >= 4 is 33.7 Å². The molecule has 2 aromatic heterocycles. The second kappa shape index (κ2) is 5.57. The second-order valence-electron chi connectivity index (χ2n) is 4.70. The summed E-state index contributed by atoms with van der Waals surface area (Å²) in [5.74, 6) is -0.840. The SMILES string of the molecule is CC(=O)c1sc(NCc2cnn(C)c2C)c(C(N)=O)c1N. The molecule has 112 valence electrons. The third-order valence-electron chi connectivity index (χ3n) is 3.29. The van der Waals surface area contributed by atoms with Gasteiger partial charge in [0.2, 0.25) is 0 Å². The molecule has 0 bridgehead atoms. The molecule has 0 saturated heterocycles. The summed E-state index contributed by atoms with van der Waals surface area (Å²) in [6.45, 7) is 3.82. The molecular weight excluding hydrogens is 290 g/mol. The summed E-state index contributed by atoms with van der Waals surface area (Å²) < 4.78 is 1.76. The number of ketones is 1. The number of hydrogen-bond acceptors (Lipinski definition) is 6. The van der Waals surface area contributed by atoms with Crippen molar-refractivity contribution in [1.82, 2.24) is 9.78 Å². The normalized spacial score (nSPS) is 10.6. The van der Waals surface area contributed by atoms with Crippen molar-refractivity contribution < 1.29 is 9.59 Å². The smallest absolute Gasteiger partial charge is 0.253 e. The van der Waals surface area contributed by atoms with E-state index in [0.29, 0.717) is 16.4 Å². The van der Waals surface area contributed by atoms with Crippen LogP contribution in [-0.2, 0) is 13.6 Å². The zero-order valence-electron chi connectivity index (χ0n) is 12.1. The number of nitrogens with zero attached hydrogens (tertiary/aromatic N) is 2. The number of nitrogens with one attached hydrogen (secondary N) is 1. The number of carbonyl (C=O) groups is 2. The van der Waals surface area contributed by atoms with Gasteiger partial charge in [0.15, 0.2) is 5.78 Å². The second-order valence-corrected chi connectivity index (χ2v) is 5.72. The maximum absolute atomic E-state index is 11.5. The number of hydrogen-bond donors (Lipinski definition) is 3. The van der Waals surface area contributed by atoms with Crippen LogP contribution in [0.15, 0.2) is 6.20 Å². The molecule has 0 aromatic carbocycles. The Hall–Kier alpha value is -2.35. The van der Waals surface area contributed by atoms with Crippen LogP contribution < -0.4 is 16.8 Å². The highest BCUT2D eigenvalue weighted by molar-refractivity contribution is 7.19. The predicted molar refractivity (Wildman–Crippen MR) is 82.5 cm³/mol. The molecule has 2 heterocycles. The highest BCUT2D eigenvalue weighted by atomic mass is 32.1. The van der Waals surface area contributed by atoms with Crippen LogP contribution >= 0.6 is 11.3 Å². The first kappa shape index (κ1) is 15.0. The van der Waals surface area contributed by atoms with Crippen molar-refractivity contribution in [3.8, 4) is 0 Å². The minimum absolute atomic E-state index is 0.144. The summed E-state index contributed by atoms with van der Waals surface area (Å²) >= 11 is 1.14. The molecule has 2 aromatic rings.